The van der Waals surface area contributed by atoms with Gasteiger partial charge < -0.3 is 10.1 Å². The molecule has 132 valence electrons. The Hall–Kier alpha value is -1.61. The van der Waals surface area contributed by atoms with Gasteiger partial charge in [-0.1, -0.05) is 12.1 Å². The van der Waals surface area contributed by atoms with Crippen molar-refractivity contribution < 1.29 is 13.2 Å². The van der Waals surface area contributed by atoms with Crippen LogP contribution >= 0.6 is 12.4 Å². The molecule has 2 N–H and O–H groups in total. The number of hydrogen-bond acceptors (Lipinski definition) is 5. The Morgan fingerprint density at radius 2 is 2.00 bits per heavy atom. The summed E-state index contributed by atoms with van der Waals surface area (Å²) in [7, 11) is -2.00. The van der Waals surface area contributed by atoms with Crippen LogP contribution in [0, 0.1) is 0 Å². The number of piperidine rings is 1. The number of hydrogen-bond donors (Lipinski definition) is 2. The van der Waals surface area contributed by atoms with Crippen molar-refractivity contribution in [3.8, 4) is 11.4 Å². The molecule has 1 aromatic carbocycles. The second-order valence-corrected chi connectivity index (χ2v) is 7.15. The summed E-state index contributed by atoms with van der Waals surface area (Å²) in [4.78, 5) is 0.155. The molecule has 2 heterocycles. The van der Waals surface area contributed by atoms with Crippen molar-refractivity contribution in [3.05, 3.63) is 36.7 Å². The van der Waals surface area contributed by atoms with E-state index in [-0.39, 0.29) is 23.3 Å². The zero-order valence-electron chi connectivity index (χ0n) is 13.3. The van der Waals surface area contributed by atoms with Crippen molar-refractivity contribution in [1.29, 1.82) is 0 Å². The van der Waals surface area contributed by atoms with E-state index in [9.17, 15) is 8.42 Å². The van der Waals surface area contributed by atoms with Crippen molar-refractivity contribution in [3.63, 3.8) is 0 Å². The highest BCUT2D eigenvalue weighted by molar-refractivity contribution is 7.89. The Balaban J connectivity index is 0.00000208. The lowest BCUT2D eigenvalue weighted by molar-refractivity contribution is 0.411. The van der Waals surface area contributed by atoms with Crippen LogP contribution < -0.4 is 14.8 Å². The van der Waals surface area contributed by atoms with E-state index in [1.54, 1.807) is 13.2 Å². The fraction of sp³-hybridized carbons (Fsp3) is 0.400. The van der Waals surface area contributed by atoms with E-state index in [1.165, 1.54) is 17.1 Å². The third kappa shape index (κ3) is 4.07. The van der Waals surface area contributed by atoms with E-state index in [4.69, 9.17) is 4.74 Å². The molecule has 1 aromatic heterocycles. The maximum atomic E-state index is 12.5. The zero-order chi connectivity index (χ0) is 16.3. The topological polar surface area (TPSA) is 85.2 Å². The summed E-state index contributed by atoms with van der Waals surface area (Å²) in [5.41, 5.74) is 0.693. The minimum absolute atomic E-state index is 0. The van der Waals surface area contributed by atoms with E-state index < -0.39 is 10.0 Å². The van der Waals surface area contributed by atoms with Crippen molar-refractivity contribution in [2.75, 3.05) is 20.2 Å². The fourth-order valence-corrected chi connectivity index (χ4v) is 3.86. The maximum absolute atomic E-state index is 12.5. The summed E-state index contributed by atoms with van der Waals surface area (Å²) < 4.78 is 34.5. The van der Waals surface area contributed by atoms with Crippen LogP contribution in [-0.2, 0) is 10.0 Å². The molecule has 1 saturated heterocycles. The van der Waals surface area contributed by atoms with E-state index in [2.05, 4.69) is 15.1 Å². The number of sulfonamides is 1. The Kier molecular flexibility index (Phi) is 6.22. The first-order valence-electron chi connectivity index (χ1n) is 7.51. The van der Waals surface area contributed by atoms with Gasteiger partial charge in [0.25, 0.3) is 0 Å². The third-order valence-corrected chi connectivity index (χ3v) is 5.34. The summed E-state index contributed by atoms with van der Waals surface area (Å²) >= 11 is 0. The van der Waals surface area contributed by atoms with Gasteiger partial charge in [-0.25, -0.2) is 17.8 Å². The highest BCUT2D eigenvalue weighted by atomic mass is 35.5. The monoisotopic (exact) mass is 372 g/mol. The zero-order valence-corrected chi connectivity index (χ0v) is 14.9. The number of ether oxygens (including phenoxy) is 1. The number of halogens is 1. The Morgan fingerprint density at radius 3 is 2.71 bits per heavy atom. The fourth-order valence-electron chi connectivity index (χ4n) is 2.62. The van der Waals surface area contributed by atoms with Crippen LogP contribution in [0.2, 0.25) is 0 Å². The summed E-state index contributed by atoms with van der Waals surface area (Å²) in [5.74, 6) is 0.630. The molecule has 3 rings (SSSR count). The maximum Gasteiger partial charge on any atom is 0.243 e. The van der Waals surface area contributed by atoms with Gasteiger partial charge in [-0.3, -0.25) is 0 Å². The first-order valence-corrected chi connectivity index (χ1v) is 8.99. The molecule has 24 heavy (non-hydrogen) atoms. The van der Waals surface area contributed by atoms with Crippen LogP contribution in [0.3, 0.4) is 0 Å². The molecule has 1 fully saturated rings. The first kappa shape index (κ1) is 18.7. The molecular weight excluding hydrogens is 352 g/mol. The molecule has 0 unspecified atom stereocenters. The van der Waals surface area contributed by atoms with Crippen LogP contribution in [0.4, 0.5) is 0 Å². The van der Waals surface area contributed by atoms with Crippen molar-refractivity contribution in [1.82, 2.24) is 19.8 Å². The lowest BCUT2D eigenvalue weighted by Crippen LogP contribution is -2.42. The molecule has 7 nitrogen and oxygen atoms in total. The SMILES string of the molecule is COc1ccccc1-n1cc(S(=O)(=O)NC2CCNCC2)cn1.Cl. The minimum Gasteiger partial charge on any atom is -0.494 e. The highest BCUT2D eigenvalue weighted by Crippen LogP contribution is 2.22. The van der Waals surface area contributed by atoms with Crippen LogP contribution in [0.5, 0.6) is 5.75 Å². The van der Waals surface area contributed by atoms with Gasteiger partial charge in [-0.2, -0.15) is 5.10 Å². The molecule has 0 amide bonds. The molecule has 2 aromatic rings. The summed E-state index contributed by atoms with van der Waals surface area (Å²) in [5, 5.41) is 7.37. The standard InChI is InChI=1S/C15H20N4O3S.ClH/c1-22-15-5-3-2-4-14(15)19-11-13(10-17-19)23(20,21)18-12-6-8-16-9-7-12;/h2-5,10-12,16,18H,6-9H2,1H3;1H. The molecule has 0 spiro atoms. The van der Waals surface area contributed by atoms with Crippen LogP contribution in [-0.4, -0.2) is 44.4 Å². The van der Waals surface area contributed by atoms with Gasteiger partial charge in [-0.15, -0.1) is 12.4 Å². The molecular formula is C15H21ClN4O3S. The van der Waals surface area contributed by atoms with Crippen molar-refractivity contribution in [2.24, 2.45) is 0 Å². The van der Waals surface area contributed by atoms with E-state index in [0.29, 0.717) is 11.4 Å². The Bertz CT molecular complexity index is 773. The molecule has 1 aliphatic heterocycles. The second-order valence-electron chi connectivity index (χ2n) is 5.44. The van der Waals surface area contributed by atoms with Gasteiger partial charge in [0.1, 0.15) is 16.3 Å². The number of nitrogens with one attached hydrogen (secondary N) is 2. The summed E-state index contributed by atoms with van der Waals surface area (Å²) in [6, 6.07) is 7.29. The van der Waals surface area contributed by atoms with E-state index in [0.717, 1.165) is 25.9 Å². The number of para-hydroxylation sites is 2. The van der Waals surface area contributed by atoms with Gasteiger partial charge in [0.05, 0.1) is 19.5 Å². The van der Waals surface area contributed by atoms with Gasteiger partial charge in [-0.05, 0) is 38.1 Å². The van der Waals surface area contributed by atoms with E-state index in [1.807, 2.05) is 18.2 Å². The van der Waals surface area contributed by atoms with Gasteiger partial charge in [0.15, 0.2) is 0 Å². The summed E-state index contributed by atoms with van der Waals surface area (Å²) in [6.45, 7) is 1.65. The number of benzene rings is 1. The number of nitrogens with zero attached hydrogens (tertiary/aromatic N) is 2. The number of aromatic nitrogens is 2. The average Bonchev–Trinajstić information content (AvgIpc) is 3.06. The molecule has 0 bridgehead atoms. The lowest BCUT2D eigenvalue weighted by Gasteiger charge is -2.23. The van der Waals surface area contributed by atoms with E-state index >= 15 is 0 Å². The molecule has 0 atom stereocenters. The average molecular weight is 373 g/mol. The molecule has 0 aliphatic carbocycles. The lowest BCUT2D eigenvalue weighted by atomic mass is 10.1. The molecule has 9 heteroatoms. The largest absolute Gasteiger partial charge is 0.494 e. The number of methoxy groups -OCH3 is 1. The molecule has 0 radical (unpaired) electrons. The number of rotatable bonds is 5. The third-order valence-electron chi connectivity index (χ3n) is 3.86. The van der Waals surface area contributed by atoms with Crippen LogP contribution in [0.1, 0.15) is 12.8 Å². The summed E-state index contributed by atoms with van der Waals surface area (Å²) in [6.07, 6.45) is 4.44. The normalized spacial score (nSPS) is 15.7. The highest BCUT2D eigenvalue weighted by Gasteiger charge is 2.23. The van der Waals surface area contributed by atoms with Gasteiger partial charge in [0.2, 0.25) is 10.0 Å². The minimum atomic E-state index is -3.57. The molecule has 0 saturated carbocycles. The van der Waals surface area contributed by atoms with Crippen LogP contribution in [0.25, 0.3) is 5.69 Å². The smallest absolute Gasteiger partial charge is 0.243 e. The first-order chi connectivity index (χ1) is 11.1. The van der Waals surface area contributed by atoms with Crippen molar-refractivity contribution >= 4 is 22.4 Å². The Morgan fingerprint density at radius 1 is 1.29 bits per heavy atom. The van der Waals surface area contributed by atoms with Gasteiger partial charge in [0, 0.05) is 6.04 Å². The van der Waals surface area contributed by atoms with Gasteiger partial charge >= 0.3 is 0 Å². The second kappa shape index (κ2) is 7.98. The predicted molar refractivity (Wildman–Crippen MR) is 93.6 cm³/mol. The predicted octanol–water partition coefficient (Wildman–Crippen LogP) is 1.33. The van der Waals surface area contributed by atoms with Crippen molar-refractivity contribution in [2.45, 2.75) is 23.8 Å². The quantitative estimate of drug-likeness (QED) is 0.827. The molecule has 1 aliphatic rings. The van der Waals surface area contributed by atoms with Crippen LogP contribution in [0.15, 0.2) is 41.6 Å². The Labute approximate surface area is 147 Å².